The number of nitrogens with zero attached hydrogens (tertiary/aromatic N) is 1. The summed E-state index contributed by atoms with van der Waals surface area (Å²) in [6.07, 6.45) is 1.93. The smallest absolute Gasteiger partial charge is 0.311 e. The van der Waals surface area contributed by atoms with E-state index in [4.69, 9.17) is 16.3 Å². The van der Waals surface area contributed by atoms with Crippen molar-refractivity contribution in [3.63, 3.8) is 0 Å². The zero-order chi connectivity index (χ0) is 20.8. The molecule has 0 saturated heterocycles. The van der Waals surface area contributed by atoms with Crippen LogP contribution in [0.2, 0.25) is 0 Å². The Balaban J connectivity index is 1.82. The van der Waals surface area contributed by atoms with E-state index in [1.807, 2.05) is 11.0 Å². The molecule has 156 valence electrons. The van der Waals surface area contributed by atoms with Gasteiger partial charge in [0.05, 0.1) is 19.1 Å². The van der Waals surface area contributed by atoms with Gasteiger partial charge in [-0.25, -0.2) is 4.39 Å². The minimum atomic E-state index is -0.624. The molecule has 3 rings (SSSR count). The molecule has 0 saturated carbocycles. The van der Waals surface area contributed by atoms with Crippen LogP contribution in [0.4, 0.5) is 4.39 Å². The molecular weight excluding hydrogens is 413 g/mol. The van der Waals surface area contributed by atoms with Gasteiger partial charge in [-0.05, 0) is 37.5 Å². The standard InChI is InChI=1S/C22H25ClFNO3S/c1-2-28-21(27)13-16-12-15-14-25(11-9-20(15)29-16)22(19(26)8-5-10-23)17-6-3-4-7-18(17)24/h3-4,6-7,12,22H,2,5,8-11,13-14H2,1H3. The van der Waals surface area contributed by atoms with Crippen LogP contribution in [0.25, 0.3) is 0 Å². The van der Waals surface area contributed by atoms with Crippen molar-refractivity contribution < 1.29 is 18.7 Å². The Morgan fingerprint density at radius 1 is 1.34 bits per heavy atom. The Morgan fingerprint density at radius 2 is 2.14 bits per heavy atom. The van der Waals surface area contributed by atoms with E-state index in [0.29, 0.717) is 44.0 Å². The van der Waals surface area contributed by atoms with Crippen molar-refractivity contribution in [1.29, 1.82) is 0 Å². The third-order valence-corrected chi connectivity index (χ3v) is 6.50. The normalized spacial score (nSPS) is 15.0. The predicted octanol–water partition coefficient (Wildman–Crippen LogP) is 4.68. The first kappa shape index (κ1) is 21.9. The van der Waals surface area contributed by atoms with E-state index in [9.17, 15) is 14.0 Å². The fourth-order valence-corrected chi connectivity index (χ4v) is 5.02. The van der Waals surface area contributed by atoms with Crippen molar-refractivity contribution >= 4 is 34.7 Å². The molecular formula is C22H25ClFNO3S. The van der Waals surface area contributed by atoms with Gasteiger partial charge in [-0.2, -0.15) is 0 Å². The first-order chi connectivity index (χ1) is 14.0. The van der Waals surface area contributed by atoms with Crippen LogP contribution in [0.1, 0.15) is 46.7 Å². The zero-order valence-electron chi connectivity index (χ0n) is 16.5. The maximum absolute atomic E-state index is 14.5. The van der Waals surface area contributed by atoms with Crippen molar-refractivity contribution in [3.8, 4) is 0 Å². The summed E-state index contributed by atoms with van der Waals surface area (Å²) >= 11 is 7.39. The first-order valence-corrected chi connectivity index (χ1v) is 11.2. The average Bonchev–Trinajstić information content (AvgIpc) is 3.09. The molecule has 4 nitrogen and oxygen atoms in total. The number of carbonyl (C=O) groups excluding carboxylic acids is 2. The Morgan fingerprint density at radius 3 is 2.86 bits per heavy atom. The maximum Gasteiger partial charge on any atom is 0.311 e. The number of halogens is 2. The van der Waals surface area contributed by atoms with Gasteiger partial charge < -0.3 is 4.74 Å². The third kappa shape index (κ3) is 5.44. The molecule has 0 spiro atoms. The summed E-state index contributed by atoms with van der Waals surface area (Å²) in [6.45, 7) is 3.38. The number of rotatable bonds is 9. The van der Waals surface area contributed by atoms with Gasteiger partial charge in [-0.3, -0.25) is 14.5 Å². The molecule has 1 atom stereocenters. The van der Waals surface area contributed by atoms with Crippen molar-refractivity contribution in [2.45, 2.75) is 45.2 Å². The van der Waals surface area contributed by atoms with E-state index in [1.165, 1.54) is 10.9 Å². The van der Waals surface area contributed by atoms with E-state index in [1.54, 1.807) is 36.5 Å². The number of thiophene rings is 1. The van der Waals surface area contributed by atoms with Crippen LogP contribution < -0.4 is 0 Å². The highest BCUT2D eigenvalue weighted by Gasteiger charge is 2.32. The minimum absolute atomic E-state index is 0.0128. The molecule has 0 amide bonds. The minimum Gasteiger partial charge on any atom is -0.466 e. The number of alkyl halides is 1. The molecule has 29 heavy (non-hydrogen) atoms. The highest BCUT2D eigenvalue weighted by Crippen LogP contribution is 2.34. The van der Waals surface area contributed by atoms with Gasteiger partial charge >= 0.3 is 5.97 Å². The van der Waals surface area contributed by atoms with Gasteiger partial charge in [-0.1, -0.05) is 18.2 Å². The number of ether oxygens (including phenoxy) is 1. The molecule has 2 aromatic rings. The largest absolute Gasteiger partial charge is 0.466 e. The molecule has 1 aromatic heterocycles. The van der Waals surface area contributed by atoms with Crippen LogP contribution in [0.3, 0.4) is 0 Å². The predicted molar refractivity (Wildman–Crippen MR) is 113 cm³/mol. The second-order valence-corrected chi connectivity index (χ2v) is 8.65. The number of benzene rings is 1. The highest BCUT2D eigenvalue weighted by molar-refractivity contribution is 7.12. The third-order valence-electron chi connectivity index (χ3n) is 5.00. The van der Waals surface area contributed by atoms with Crippen LogP contribution in [0.5, 0.6) is 0 Å². The van der Waals surface area contributed by atoms with Crippen molar-refractivity contribution in [3.05, 3.63) is 57.0 Å². The quantitative estimate of drug-likeness (QED) is 0.422. The van der Waals surface area contributed by atoms with Crippen LogP contribution in [-0.2, 0) is 33.7 Å². The van der Waals surface area contributed by atoms with Crippen LogP contribution >= 0.6 is 22.9 Å². The van der Waals surface area contributed by atoms with Gasteiger partial charge in [-0.15, -0.1) is 22.9 Å². The summed E-state index contributed by atoms with van der Waals surface area (Å²) in [6, 6.07) is 7.87. The van der Waals surface area contributed by atoms with E-state index in [2.05, 4.69) is 0 Å². The Labute approximate surface area is 179 Å². The van der Waals surface area contributed by atoms with E-state index >= 15 is 0 Å². The summed E-state index contributed by atoms with van der Waals surface area (Å²) in [5.41, 5.74) is 1.52. The molecule has 0 fully saturated rings. The van der Waals surface area contributed by atoms with Crippen LogP contribution in [-0.4, -0.2) is 35.7 Å². The van der Waals surface area contributed by atoms with Crippen LogP contribution in [0.15, 0.2) is 30.3 Å². The fraction of sp³-hybridized carbons (Fsp3) is 0.455. The number of carbonyl (C=O) groups is 2. The number of esters is 1. The zero-order valence-corrected chi connectivity index (χ0v) is 18.0. The highest BCUT2D eigenvalue weighted by atomic mass is 35.5. The van der Waals surface area contributed by atoms with Crippen molar-refractivity contribution in [2.75, 3.05) is 19.0 Å². The summed E-state index contributed by atoms with van der Waals surface area (Å²) in [5, 5.41) is 0. The van der Waals surface area contributed by atoms with E-state index in [-0.39, 0.29) is 24.0 Å². The van der Waals surface area contributed by atoms with Gasteiger partial charge in [0.2, 0.25) is 0 Å². The molecule has 0 aliphatic carbocycles. The van der Waals surface area contributed by atoms with Crippen LogP contribution in [0, 0.1) is 5.82 Å². The first-order valence-electron chi connectivity index (χ1n) is 9.86. The topological polar surface area (TPSA) is 46.6 Å². The lowest BCUT2D eigenvalue weighted by molar-refractivity contribution is -0.142. The number of hydrogen-bond acceptors (Lipinski definition) is 5. The number of ketones is 1. The molecule has 7 heteroatoms. The molecule has 1 aliphatic heterocycles. The molecule has 1 unspecified atom stereocenters. The van der Waals surface area contributed by atoms with Gasteiger partial charge in [0.25, 0.3) is 0 Å². The number of fused-ring (bicyclic) bond motifs is 1. The fourth-order valence-electron chi connectivity index (χ4n) is 3.73. The van der Waals surface area contributed by atoms with Crippen molar-refractivity contribution in [1.82, 2.24) is 4.90 Å². The van der Waals surface area contributed by atoms with Gasteiger partial charge in [0.1, 0.15) is 5.82 Å². The molecule has 2 heterocycles. The lowest BCUT2D eigenvalue weighted by atomic mass is 9.95. The second-order valence-electron chi connectivity index (χ2n) is 7.05. The molecule has 0 N–H and O–H groups in total. The Bertz CT molecular complexity index is 869. The van der Waals surface area contributed by atoms with Crippen molar-refractivity contribution in [2.24, 2.45) is 0 Å². The number of Topliss-reactive ketones (excluding diaryl/α,β-unsaturated/α-hetero) is 1. The second kappa shape index (κ2) is 10.3. The Hall–Kier alpha value is -1.76. The lowest BCUT2D eigenvalue weighted by Crippen LogP contribution is -2.38. The van der Waals surface area contributed by atoms with Gasteiger partial charge in [0, 0.05) is 40.7 Å². The summed E-state index contributed by atoms with van der Waals surface area (Å²) in [4.78, 5) is 29.0. The van der Waals surface area contributed by atoms with E-state index in [0.717, 1.165) is 16.9 Å². The summed E-state index contributed by atoms with van der Waals surface area (Å²) < 4.78 is 19.6. The number of hydrogen-bond donors (Lipinski definition) is 0. The molecule has 1 aliphatic rings. The van der Waals surface area contributed by atoms with Gasteiger partial charge in [0.15, 0.2) is 5.78 Å². The maximum atomic E-state index is 14.5. The average molecular weight is 438 g/mol. The SMILES string of the molecule is CCOC(=O)Cc1cc2c(s1)CCN(C(C(=O)CCCCl)c1ccccc1F)C2. The molecule has 0 radical (unpaired) electrons. The summed E-state index contributed by atoms with van der Waals surface area (Å²) in [7, 11) is 0. The molecule has 0 bridgehead atoms. The lowest BCUT2D eigenvalue weighted by Gasteiger charge is -2.34. The molecule has 1 aromatic carbocycles. The van der Waals surface area contributed by atoms with E-state index < -0.39 is 6.04 Å². The Kier molecular flexibility index (Phi) is 7.81. The monoisotopic (exact) mass is 437 g/mol. The summed E-state index contributed by atoms with van der Waals surface area (Å²) in [5.74, 6) is -0.206.